The van der Waals surface area contributed by atoms with E-state index in [1.165, 1.54) is 9.69 Å². The van der Waals surface area contributed by atoms with Crippen molar-refractivity contribution in [2.24, 2.45) is 0 Å². The van der Waals surface area contributed by atoms with Gasteiger partial charge in [0, 0.05) is 18.0 Å². The number of aromatic carboxylic acids is 1. The van der Waals surface area contributed by atoms with Crippen molar-refractivity contribution in [3.05, 3.63) is 17.0 Å². The Morgan fingerprint density at radius 3 is 2.40 bits per heavy atom. The van der Waals surface area contributed by atoms with E-state index >= 15 is 0 Å². The molecule has 0 bridgehead atoms. The SMILES string of the molecule is CCC(CC)N(CCO)S(=O)(=O)c1cc(C(=O)O)cs1. The molecular weight excluding hydrogens is 302 g/mol. The minimum absolute atomic E-state index is 0.00440. The molecule has 0 fully saturated rings. The molecule has 1 rings (SSSR count). The summed E-state index contributed by atoms with van der Waals surface area (Å²) in [4.78, 5) is 10.8. The summed E-state index contributed by atoms with van der Waals surface area (Å²) in [6.07, 6.45) is 1.26. The molecule has 2 N–H and O–H groups in total. The second-order valence-corrected chi connectivity index (χ2v) is 7.30. The Hall–Kier alpha value is -0.960. The monoisotopic (exact) mass is 321 g/mol. The molecule has 1 aromatic rings. The van der Waals surface area contributed by atoms with Crippen molar-refractivity contribution in [1.82, 2.24) is 4.31 Å². The van der Waals surface area contributed by atoms with Crippen molar-refractivity contribution in [2.45, 2.75) is 36.9 Å². The van der Waals surface area contributed by atoms with E-state index in [1.807, 2.05) is 13.8 Å². The number of carbonyl (C=O) groups is 1. The van der Waals surface area contributed by atoms with Gasteiger partial charge in [-0.15, -0.1) is 11.3 Å². The molecule has 20 heavy (non-hydrogen) atoms. The number of hydrogen-bond acceptors (Lipinski definition) is 5. The fraction of sp³-hybridized carbons (Fsp3) is 0.583. The summed E-state index contributed by atoms with van der Waals surface area (Å²) in [5.74, 6) is -1.15. The molecule has 0 spiro atoms. The Morgan fingerprint density at radius 2 is 2.00 bits per heavy atom. The first-order valence-corrected chi connectivity index (χ1v) is 8.64. The molecule has 0 radical (unpaired) electrons. The summed E-state index contributed by atoms with van der Waals surface area (Å²) in [6, 6.07) is 0.956. The number of hydrogen-bond donors (Lipinski definition) is 2. The maximum absolute atomic E-state index is 12.5. The molecule has 0 unspecified atom stereocenters. The van der Waals surface area contributed by atoms with Crippen molar-refractivity contribution < 1.29 is 23.4 Å². The van der Waals surface area contributed by atoms with Gasteiger partial charge >= 0.3 is 5.97 Å². The van der Waals surface area contributed by atoms with Gasteiger partial charge in [0.05, 0.1) is 12.2 Å². The number of carboxylic acids is 1. The Morgan fingerprint density at radius 1 is 1.40 bits per heavy atom. The molecule has 0 aliphatic heterocycles. The molecule has 6 nitrogen and oxygen atoms in total. The summed E-state index contributed by atoms with van der Waals surface area (Å²) >= 11 is 0.885. The van der Waals surface area contributed by atoms with Crippen LogP contribution < -0.4 is 0 Å². The first-order valence-electron chi connectivity index (χ1n) is 6.32. The van der Waals surface area contributed by atoms with E-state index in [0.717, 1.165) is 17.4 Å². The van der Waals surface area contributed by atoms with E-state index in [4.69, 9.17) is 10.2 Å². The zero-order chi connectivity index (χ0) is 15.3. The van der Waals surface area contributed by atoms with Crippen molar-refractivity contribution in [2.75, 3.05) is 13.2 Å². The standard InChI is InChI=1S/C12H19NO5S2/c1-3-10(4-2)13(5-6-14)20(17,18)11-7-9(8-19-11)12(15)16/h7-8,10,14H,3-6H2,1-2H3,(H,15,16). The molecule has 0 aliphatic carbocycles. The van der Waals surface area contributed by atoms with Crippen molar-refractivity contribution in [1.29, 1.82) is 0 Å². The van der Waals surface area contributed by atoms with Crippen LogP contribution in [0.4, 0.5) is 0 Å². The minimum atomic E-state index is -3.77. The molecule has 8 heteroatoms. The molecule has 1 aromatic heterocycles. The summed E-state index contributed by atoms with van der Waals surface area (Å²) in [6.45, 7) is 3.50. The van der Waals surface area contributed by atoms with Gasteiger partial charge in [-0.3, -0.25) is 0 Å². The average Bonchev–Trinajstić information content (AvgIpc) is 2.89. The van der Waals surface area contributed by atoms with E-state index < -0.39 is 16.0 Å². The molecule has 0 aliphatic rings. The number of thiophene rings is 1. The van der Waals surface area contributed by atoms with Gasteiger partial charge in [-0.2, -0.15) is 4.31 Å². The Labute approximate surface area is 122 Å². The molecule has 0 saturated carbocycles. The number of aliphatic hydroxyl groups excluding tert-OH is 1. The molecule has 0 aromatic carbocycles. The maximum Gasteiger partial charge on any atom is 0.336 e. The van der Waals surface area contributed by atoms with Gasteiger partial charge in [0.15, 0.2) is 0 Å². The zero-order valence-electron chi connectivity index (χ0n) is 11.4. The smallest absolute Gasteiger partial charge is 0.336 e. The van der Waals surface area contributed by atoms with E-state index in [9.17, 15) is 13.2 Å². The molecule has 0 atom stereocenters. The fourth-order valence-electron chi connectivity index (χ4n) is 1.97. The van der Waals surface area contributed by atoms with E-state index in [-0.39, 0.29) is 29.0 Å². The second kappa shape index (κ2) is 7.16. The van der Waals surface area contributed by atoms with E-state index in [1.54, 1.807) is 0 Å². The van der Waals surface area contributed by atoms with Gasteiger partial charge in [-0.25, -0.2) is 13.2 Å². The highest BCUT2D eigenvalue weighted by Crippen LogP contribution is 2.26. The summed E-state index contributed by atoms with van der Waals surface area (Å²) < 4.78 is 26.3. The normalized spacial score (nSPS) is 12.2. The van der Waals surface area contributed by atoms with Crippen LogP contribution in [0.5, 0.6) is 0 Å². The van der Waals surface area contributed by atoms with Crippen molar-refractivity contribution in [3.8, 4) is 0 Å². The third kappa shape index (κ3) is 3.57. The highest BCUT2D eigenvalue weighted by atomic mass is 32.2. The lowest BCUT2D eigenvalue weighted by atomic mass is 10.2. The van der Waals surface area contributed by atoms with Crippen LogP contribution in [0.2, 0.25) is 0 Å². The van der Waals surface area contributed by atoms with E-state index in [2.05, 4.69) is 0 Å². The van der Waals surface area contributed by atoms with Gasteiger partial charge in [0.2, 0.25) is 0 Å². The van der Waals surface area contributed by atoms with Gasteiger partial charge in [-0.05, 0) is 18.9 Å². The van der Waals surface area contributed by atoms with Crippen molar-refractivity contribution in [3.63, 3.8) is 0 Å². The first kappa shape index (κ1) is 17.1. The molecule has 1 heterocycles. The number of sulfonamides is 1. The highest BCUT2D eigenvalue weighted by Gasteiger charge is 2.31. The van der Waals surface area contributed by atoms with Crippen LogP contribution in [0, 0.1) is 0 Å². The Kier molecular flexibility index (Phi) is 6.12. The third-order valence-corrected chi connectivity index (χ3v) is 6.42. The average molecular weight is 321 g/mol. The van der Waals surface area contributed by atoms with Crippen LogP contribution in [0.25, 0.3) is 0 Å². The van der Waals surface area contributed by atoms with E-state index in [0.29, 0.717) is 12.8 Å². The third-order valence-electron chi connectivity index (χ3n) is 3.06. The van der Waals surface area contributed by atoms with Gasteiger partial charge in [0.25, 0.3) is 10.0 Å². The summed E-state index contributed by atoms with van der Waals surface area (Å²) in [7, 11) is -3.77. The largest absolute Gasteiger partial charge is 0.478 e. The van der Waals surface area contributed by atoms with Crippen LogP contribution in [0.1, 0.15) is 37.0 Å². The van der Waals surface area contributed by atoms with Crippen molar-refractivity contribution >= 4 is 27.3 Å². The quantitative estimate of drug-likeness (QED) is 0.758. The van der Waals surface area contributed by atoms with Gasteiger partial charge in [0.1, 0.15) is 4.21 Å². The highest BCUT2D eigenvalue weighted by molar-refractivity contribution is 7.91. The lowest BCUT2D eigenvalue weighted by molar-refractivity contribution is 0.0697. The maximum atomic E-state index is 12.5. The molecular formula is C12H19NO5S2. The van der Waals surface area contributed by atoms with Crippen LogP contribution in [0.15, 0.2) is 15.7 Å². The van der Waals surface area contributed by atoms with Crippen LogP contribution >= 0.6 is 11.3 Å². The predicted molar refractivity (Wildman–Crippen MR) is 76.6 cm³/mol. The zero-order valence-corrected chi connectivity index (χ0v) is 13.1. The summed E-state index contributed by atoms with van der Waals surface area (Å²) in [5, 5.41) is 19.3. The topological polar surface area (TPSA) is 94.9 Å². The number of carboxylic acid groups (broad SMARTS) is 1. The van der Waals surface area contributed by atoms with Crippen LogP contribution in [-0.2, 0) is 10.0 Å². The minimum Gasteiger partial charge on any atom is -0.478 e. The first-order chi connectivity index (χ1) is 9.38. The molecule has 0 amide bonds. The lowest BCUT2D eigenvalue weighted by Gasteiger charge is -2.28. The lowest BCUT2D eigenvalue weighted by Crippen LogP contribution is -2.41. The molecule has 114 valence electrons. The number of nitrogens with zero attached hydrogens (tertiary/aromatic N) is 1. The second-order valence-electron chi connectivity index (χ2n) is 4.27. The van der Waals surface area contributed by atoms with Crippen LogP contribution in [-0.4, -0.2) is 48.1 Å². The Balaban J connectivity index is 3.17. The fourth-order valence-corrected chi connectivity index (χ4v) is 5.02. The summed E-state index contributed by atoms with van der Waals surface area (Å²) in [5.41, 5.74) is -0.0397. The van der Waals surface area contributed by atoms with Gasteiger partial charge < -0.3 is 10.2 Å². The number of aliphatic hydroxyl groups is 1. The Bertz CT molecular complexity index is 548. The van der Waals surface area contributed by atoms with Gasteiger partial charge in [-0.1, -0.05) is 13.8 Å². The van der Waals surface area contributed by atoms with Crippen LogP contribution in [0.3, 0.4) is 0 Å². The molecule has 0 saturated heterocycles. The predicted octanol–water partition coefficient (Wildman–Crippen LogP) is 1.62. The number of rotatable bonds is 8.